The molecule has 66 valence electrons. The van der Waals surface area contributed by atoms with Crippen molar-refractivity contribution < 1.29 is 18.9 Å². The van der Waals surface area contributed by atoms with Crippen LogP contribution in [0.5, 0.6) is 0 Å². The van der Waals surface area contributed by atoms with Crippen LogP contribution in [-0.4, -0.2) is 4.98 Å². The number of pyridine rings is 1. The molecular weight excluding hydrogens is 169 g/mol. The third-order valence-corrected chi connectivity index (χ3v) is 1.88. The summed E-state index contributed by atoms with van der Waals surface area (Å²) in [7, 11) is 0. The van der Waals surface area contributed by atoms with Crippen molar-refractivity contribution in [2.75, 3.05) is 0 Å². The predicted octanol–water partition coefficient (Wildman–Crippen LogP) is -2.07. The van der Waals surface area contributed by atoms with Gasteiger partial charge >= 0.3 is 18.9 Å². The molecule has 0 saturated carbocycles. The monoisotopic (exact) mass is 179 g/mol. The third kappa shape index (κ3) is 2.25. The molecule has 0 amide bonds. The average molecular weight is 179 g/mol. The second-order valence-electron chi connectivity index (χ2n) is 3.08. The van der Waals surface area contributed by atoms with Gasteiger partial charge in [0.25, 0.3) is 0 Å². The van der Waals surface area contributed by atoms with Crippen molar-refractivity contribution >= 4 is 12.3 Å². The van der Waals surface area contributed by atoms with Crippen LogP contribution < -0.4 is 29.3 Å². The number of aryl methyl sites for hydroxylation is 1. The van der Waals surface area contributed by atoms with Crippen molar-refractivity contribution in [2.45, 2.75) is 13.8 Å². The molecule has 1 aliphatic heterocycles. The van der Waals surface area contributed by atoms with Crippen molar-refractivity contribution in [3.05, 3.63) is 34.4 Å². The summed E-state index contributed by atoms with van der Waals surface area (Å²) in [5.74, 6) is 0. The number of hydrogen-bond acceptors (Lipinski definition) is 3. The zero-order valence-corrected chi connectivity index (χ0v) is 8.65. The van der Waals surface area contributed by atoms with Crippen molar-refractivity contribution in [3.8, 4) is 0 Å². The molecule has 0 fully saturated rings. The Balaban J connectivity index is 0.000000980. The summed E-state index contributed by atoms with van der Waals surface area (Å²) >= 11 is 0. The van der Waals surface area contributed by atoms with E-state index in [9.17, 15) is 0 Å². The Kier molecular flexibility index (Phi) is 3.51. The van der Waals surface area contributed by atoms with E-state index in [1.165, 1.54) is 0 Å². The Hall–Kier alpha value is -1.04. The standard InChI is InChI=1S/C10H10N3.Li/c1-7-3-10-6-12-13-8(2)4-9(10)5-11-7;/h3-6H,1-2H3;/q-1;+1. The van der Waals surface area contributed by atoms with Gasteiger partial charge in [0.1, 0.15) is 0 Å². The summed E-state index contributed by atoms with van der Waals surface area (Å²) in [5.41, 5.74) is 0.998. The van der Waals surface area contributed by atoms with Gasteiger partial charge in [-0.25, -0.2) is 0 Å². The average Bonchev–Trinajstić information content (AvgIpc) is 2.25. The molecule has 1 aromatic rings. The van der Waals surface area contributed by atoms with Crippen LogP contribution in [0.25, 0.3) is 12.3 Å². The molecule has 0 radical (unpaired) electrons. The first-order valence-corrected chi connectivity index (χ1v) is 4.15. The molecule has 2 rings (SSSR count). The number of azo groups is 1. The van der Waals surface area contributed by atoms with E-state index in [0.29, 0.717) is 0 Å². The van der Waals surface area contributed by atoms with E-state index < -0.39 is 0 Å². The molecule has 0 aromatic carbocycles. The van der Waals surface area contributed by atoms with Crippen LogP contribution in [0.3, 0.4) is 0 Å². The van der Waals surface area contributed by atoms with Crippen molar-refractivity contribution in [1.29, 1.82) is 0 Å². The summed E-state index contributed by atoms with van der Waals surface area (Å²) in [6.45, 7) is 3.89. The zero-order valence-electron chi connectivity index (χ0n) is 8.65. The van der Waals surface area contributed by atoms with E-state index in [1.807, 2.05) is 32.2 Å². The topological polar surface area (TPSA) is 37.6 Å². The number of aromatic nitrogens is 1. The van der Waals surface area contributed by atoms with Gasteiger partial charge in [0, 0.05) is 11.9 Å². The Morgan fingerprint density at radius 3 is 2.86 bits per heavy atom. The fourth-order valence-corrected chi connectivity index (χ4v) is 1.26. The van der Waals surface area contributed by atoms with Crippen LogP contribution in [0.4, 0.5) is 0 Å². The molecule has 0 N–H and O–H groups in total. The molecule has 0 bridgehead atoms. The molecule has 0 saturated heterocycles. The first kappa shape index (κ1) is 11.0. The number of fused-ring (bicyclic) bond motifs is 1. The van der Waals surface area contributed by atoms with Crippen LogP contribution >= 0.6 is 0 Å². The van der Waals surface area contributed by atoms with Crippen molar-refractivity contribution in [1.82, 2.24) is 4.98 Å². The molecule has 0 unspecified atom stereocenters. The smallest absolute Gasteiger partial charge is 0.280 e. The van der Waals surface area contributed by atoms with Gasteiger partial charge in [0.05, 0.1) is 0 Å². The normalized spacial score (nSPS) is 13.1. The second-order valence-corrected chi connectivity index (χ2v) is 3.08. The van der Waals surface area contributed by atoms with Crippen LogP contribution in [0.2, 0.25) is 0 Å². The van der Waals surface area contributed by atoms with Crippen LogP contribution in [0, 0.1) is 13.0 Å². The van der Waals surface area contributed by atoms with Crippen LogP contribution in [-0.2, 0) is 0 Å². The second kappa shape index (κ2) is 4.45. The van der Waals surface area contributed by atoms with Gasteiger partial charge in [-0.1, -0.05) is 18.2 Å². The minimum atomic E-state index is 0. The Bertz CT molecular complexity index is 465. The molecular formula is C10H10LiN3. The summed E-state index contributed by atoms with van der Waals surface area (Å²) < 4.78 is 0. The molecule has 4 heteroatoms. The largest absolute Gasteiger partial charge is 1.00 e. The number of rotatable bonds is 0. The van der Waals surface area contributed by atoms with Gasteiger partial charge in [-0.15, -0.1) is 5.22 Å². The van der Waals surface area contributed by atoms with Gasteiger partial charge in [0.2, 0.25) is 0 Å². The summed E-state index contributed by atoms with van der Waals surface area (Å²) in [6, 6.07) is 2.91. The molecule has 1 aliphatic rings. The minimum Gasteiger partial charge on any atom is -0.280 e. The first-order chi connectivity index (χ1) is 6.25. The van der Waals surface area contributed by atoms with Gasteiger partial charge in [-0.05, 0) is 19.2 Å². The molecule has 0 aliphatic carbocycles. The number of hydrogen-bond donors (Lipinski definition) is 0. The van der Waals surface area contributed by atoms with Crippen molar-refractivity contribution in [3.63, 3.8) is 0 Å². The van der Waals surface area contributed by atoms with E-state index in [1.54, 1.807) is 6.20 Å². The van der Waals surface area contributed by atoms with E-state index >= 15 is 0 Å². The summed E-state index contributed by atoms with van der Waals surface area (Å²) in [4.78, 5) is 4.22. The fourth-order valence-electron chi connectivity index (χ4n) is 1.26. The maximum absolute atomic E-state index is 4.22. The van der Waals surface area contributed by atoms with Gasteiger partial charge in [-0.3, -0.25) is 10.1 Å². The molecule has 2 heterocycles. The molecule has 14 heavy (non-hydrogen) atoms. The molecule has 0 spiro atoms. The van der Waals surface area contributed by atoms with Crippen LogP contribution in [0.1, 0.15) is 12.6 Å². The number of nitrogens with zero attached hydrogens (tertiary/aromatic N) is 3. The molecule has 0 atom stereocenters. The molecule has 3 nitrogen and oxygen atoms in total. The maximum Gasteiger partial charge on any atom is 1.00 e. The van der Waals surface area contributed by atoms with E-state index in [4.69, 9.17) is 0 Å². The summed E-state index contributed by atoms with van der Waals surface area (Å²) in [5, 5.41) is 10.1. The quantitative estimate of drug-likeness (QED) is 0.333. The summed E-state index contributed by atoms with van der Waals surface area (Å²) in [6.07, 6.45) is 5.59. The first-order valence-electron chi connectivity index (χ1n) is 4.15. The van der Waals surface area contributed by atoms with Crippen molar-refractivity contribution in [2.24, 2.45) is 10.2 Å². The van der Waals surface area contributed by atoms with Crippen LogP contribution in [0.15, 0.2) is 22.5 Å². The molecule has 1 aromatic heterocycles. The zero-order chi connectivity index (χ0) is 9.26. The Labute approximate surface area is 94.8 Å². The Morgan fingerprint density at radius 1 is 1.29 bits per heavy atom. The van der Waals surface area contributed by atoms with Gasteiger partial charge in [0.15, 0.2) is 0 Å². The fraction of sp³-hybridized carbons (Fsp3) is 0.200. The SMILES string of the molecule is Cc1cc2c(cn1)=C[C-](C)N=NC=2.[Li+]. The van der Waals surface area contributed by atoms with Gasteiger partial charge in [-0.2, -0.15) is 11.2 Å². The predicted molar refractivity (Wildman–Crippen MR) is 50.9 cm³/mol. The van der Waals surface area contributed by atoms with E-state index in [0.717, 1.165) is 22.2 Å². The Morgan fingerprint density at radius 2 is 2.07 bits per heavy atom. The van der Waals surface area contributed by atoms with E-state index in [-0.39, 0.29) is 18.9 Å². The minimum absolute atomic E-state index is 0. The van der Waals surface area contributed by atoms with E-state index in [2.05, 4.69) is 15.2 Å². The maximum atomic E-state index is 4.22. The van der Waals surface area contributed by atoms with Gasteiger partial charge < -0.3 is 0 Å². The third-order valence-electron chi connectivity index (χ3n) is 1.88.